The summed E-state index contributed by atoms with van der Waals surface area (Å²) in [5.41, 5.74) is 6.35. The fourth-order valence-corrected chi connectivity index (χ4v) is 3.33. The molecule has 2 atom stereocenters. The number of hydrogen-bond donors (Lipinski definition) is 1. The van der Waals surface area contributed by atoms with Crippen molar-refractivity contribution < 1.29 is 9.13 Å². The molecule has 1 aliphatic carbocycles. The SMILES string of the molecule is CC1CC(Oc2cc(Cl)c(F)cc2N)CC(C)(C)C1. The van der Waals surface area contributed by atoms with E-state index in [4.69, 9.17) is 22.1 Å². The lowest BCUT2D eigenvalue weighted by Crippen LogP contribution is -2.34. The minimum atomic E-state index is -0.510. The van der Waals surface area contributed by atoms with Crippen LogP contribution in [-0.4, -0.2) is 6.10 Å². The minimum absolute atomic E-state index is 0.0484. The first-order valence-electron chi connectivity index (χ1n) is 6.68. The summed E-state index contributed by atoms with van der Waals surface area (Å²) in [6.45, 7) is 6.73. The standard InChI is InChI=1S/C15H21ClFNO/c1-9-4-10(8-15(2,3)7-9)19-14-5-11(16)12(17)6-13(14)18/h5-6,9-10H,4,7-8,18H2,1-3H3. The number of nitrogens with two attached hydrogens (primary N) is 1. The van der Waals surface area contributed by atoms with Crippen molar-refractivity contribution in [3.63, 3.8) is 0 Å². The highest BCUT2D eigenvalue weighted by Crippen LogP contribution is 2.41. The van der Waals surface area contributed by atoms with Gasteiger partial charge < -0.3 is 10.5 Å². The van der Waals surface area contributed by atoms with Crippen molar-refractivity contribution in [1.82, 2.24) is 0 Å². The number of benzene rings is 1. The second kappa shape index (κ2) is 5.20. The van der Waals surface area contributed by atoms with E-state index in [9.17, 15) is 4.39 Å². The summed E-state index contributed by atoms with van der Waals surface area (Å²) in [4.78, 5) is 0. The molecule has 0 aliphatic heterocycles. The Balaban J connectivity index is 2.15. The first-order chi connectivity index (χ1) is 8.77. The summed E-state index contributed by atoms with van der Waals surface area (Å²) >= 11 is 5.78. The number of ether oxygens (including phenoxy) is 1. The van der Waals surface area contributed by atoms with Crippen LogP contribution in [0.25, 0.3) is 0 Å². The monoisotopic (exact) mass is 285 g/mol. The van der Waals surface area contributed by atoms with Crippen LogP contribution >= 0.6 is 11.6 Å². The van der Waals surface area contributed by atoms with Gasteiger partial charge in [0.15, 0.2) is 0 Å². The molecule has 0 radical (unpaired) electrons. The highest BCUT2D eigenvalue weighted by molar-refractivity contribution is 6.31. The average Bonchev–Trinajstić information content (AvgIpc) is 2.22. The number of rotatable bonds is 2. The van der Waals surface area contributed by atoms with Gasteiger partial charge in [-0.1, -0.05) is 32.4 Å². The maximum atomic E-state index is 13.3. The average molecular weight is 286 g/mol. The zero-order valence-electron chi connectivity index (χ0n) is 11.7. The molecule has 0 aromatic heterocycles. The minimum Gasteiger partial charge on any atom is -0.488 e. The van der Waals surface area contributed by atoms with E-state index in [2.05, 4.69) is 20.8 Å². The second-order valence-corrected chi connectivity index (χ2v) is 6.86. The van der Waals surface area contributed by atoms with Gasteiger partial charge in [-0.05, 0) is 30.6 Å². The van der Waals surface area contributed by atoms with Gasteiger partial charge in [0.2, 0.25) is 0 Å². The zero-order chi connectivity index (χ0) is 14.2. The maximum absolute atomic E-state index is 13.3. The molecule has 2 N–H and O–H groups in total. The summed E-state index contributed by atoms with van der Waals surface area (Å²) in [5, 5.41) is 0.0484. The summed E-state index contributed by atoms with van der Waals surface area (Å²) in [5.74, 6) is 0.594. The fraction of sp³-hybridized carbons (Fsp3) is 0.600. The van der Waals surface area contributed by atoms with E-state index in [1.165, 1.54) is 18.6 Å². The van der Waals surface area contributed by atoms with Crippen molar-refractivity contribution in [3.05, 3.63) is 23.0 Å². The van der Waals surface area contributed by atoms with Gasteiger partial charge in [-0.15, -0.1) is 0 Å². The van der Waals surface area contributed by atoms with Crippen LogP contribution in [0.3, 0.4) is 0 Å². The van der Waals surface area contributed by atoms with Gasteiger partial charge >= 0.3 is 0 Å². The fourth-order valence-electron chi connectivity index (χ4n) is 3.17. The van der Waals surface area contributed by atoms with Crippen molar-refractivity contribution >= 4 is 17.3 Å². The van der Waals surface area contributed by atoms with Gasteiger partial charge in [0.05, 0.1) is 16.8 Å². The predicted octanol–water partition coefficient (Wildman–Crippen LogP) is 4.65. The molecule has 0 spiro atoms. The van der Waals surface area contributed by atoms with Crippen LogP contribution in [0.1, 0.15) is 40.0 Å². The molecule has 1 aliphatic rings. The molecule has 2 nitrogen and oxygen atoms in total. The van der Waals surface area contributed by atoms with Crippen LogP contribution in [0.2, 0.25) is 5.02 Å². The number of hydrogen-bond acceptors (Lipinski definition) is 2. The number of halogens is 2. The normalized spacial score (nSPS) is 26.2. The van der Waals surface area contributed by atoms with Gasteiger partial charge in [0, 0.05) is 12.1 Å². The Hall–Kier alpha value is -0.960. The van der Waals surface area contributed by atoms with Crippen molar-refractivity contribution in [2.75, 3.05) is 5.73 Å². The predicted molar refractivity (Wildman–Crippen MR) is 77.0 cm³/mol. The van der Waals surface area contributed by atoms with Gasteiger partial charge in [0.25, 0.3) is 0 Å². The van der Waals surface area contributed by atoms with Crippen LogP contribution in [0.4, 0.5) is 10.1 Å². The van der Waals surface area contributed by atoms with E-state index in [1.807, 2.05) is 0 Å². The lowest BCUT2D eigenvalue weighted by molar-refractivity contribution is 0.0567. The molecule has 106 valence electrons. The molecule has 1 fully saturated rings. The topological polar surface area (TPSA) is 35.2 Å². The number of anilines is 1. The first kappa shape index (κ1) is 14.4. The van der Waals surface area contributed by atoms with Crippen LogP contribution < -0.4 is 10.5 Å². The molecule has 2 rings (SSSR count). The third-order valence-electron chi connectivity index (χ3n) is 3.69. The summed E-state index contributed by atoms with van der Waals surface area (Å²) in [6, 6.07) is 2.69. The third-order valence-corrected chi connectivity index (χ3v) is 3.98. The highest BCUT2D eigenvalue weighted by atomic mass is 35.5. The molecule has 1 aromatic carbocycles. The molecule has 1 aromatic rings. The van der Waals surface area contributed by atoms with Crippen LogP contribution in [0.5, 0.6) is 5.75 Å². The third kappa shape index (κ3) is 3.53. The van der Waals surface area contributed by atoms with Crippen molar-refractivity contribution in [2.24, 2.45) is 11.3 Å². The van der Waals surface area contributed by atoms with Crippen molar-refractivity contribution in [1.29, 1.82) is 0 Å². The molecule has 2 unspecified atom stereocenters. The molecule has 0 bridgehead atoms. The largest absolute Gasteiger partial charge is 0.488 e. The van der Waals surface area contributed by atoms with Crippen LogP contribution in [0.15, 0.2) is 12.1 Å². The molecule has 1 saturated carbocycles. The van der Waals surface area contributed by atoms with E-state index >= 15 is 0 Å². The Morgan fingerprint density at radius 1 is 1.37 bits per heavy atom. The van der Waals surface area contributed by atoms with E-state index in [-0.39, 0.29) is 16.5 Å². The Morgan fingerprint density at radius 3 is 2.68 bits per heavy atom. The smallest absolute Gasteiger partial charge is 0.144 e. The lowest BCUT2D eigenvalue weighted by Gasteiger charge is -2.39. The lowest BCUT2D eigenvalue weighted by atomic mass is 9.71. The first-order valence-corrected chi connectivity index (χ1v) is 7.06. The quantitative estimate of drug-likeness (QED) is 0.803. The Kier molecular flexibility index (Phi) is 3.95. The van der Waals surface area contributed by atoms with E-state index in [1.54, 1.807) is 0 Å². The molecular formula is C15H21ClFNO. The molecular weight excluding hydrogens is 265 g/mol. The van der Waals surface area contributed by atoms with E-state index in [0.717, 1.165) is 12.8 Å². The molecule has 19 heavy (non-hydrogen) atoms. The van der Waals surface area contributed by atoms with Crippen molar-refractivity contribution in [3.8, 4) is 5.75 Å². The Bertz CT molecular complexity index is 475. The summed E-state index contributed by atoms with van der Waals surface area (Å²) in [6.07, 6.45) is 3.29. The number of nitrogen functional groups attached to an aromatic ring is 1. The maximum Gasteiger partial charge on any atom is 0.144 e. The van der Waals surface area contributed by atoms with Crippen LogP contribution in [0, 0.1) is 17.2 Å². The Labute approximate surface area is 119 Å². The van der Waals surface area contributed by atoms with E-state index < -0.39 is 5.82 Å². The van der Waals surface area contributed by atoms with E-state index in [0.29, 0.717) is 17.4 Å². The summed E-state index contributed by atoms with van der Waals surface area (Å²) in [7, 11) is 0. The van der Waals surface area contributed by atoms with Crippen LogP contribution in [-0.2, 0) is 0 Å². The Morgan fingerprint density at radius 2 is 2.05 bits per heavy atom. The molecule has 0 amide bonds. The second-order valence-electron chi connectivity index (χ2n) is 6.46. The highest BCUT2D eigenvalue weighted by Gasteiger charge is 2.33. The summed E-state index contributed by atoms with van der Waals surface area (Å²) < 4.78 is 19.2. The molecule has 0 heterocycles. The van der Waals surface area contributed by atoms with Gasteiger partial charge in [-0.2, -0.15) is 0 Å². The van der Waals surface area contributed by atoms with Crippen molar-refractivity contribution in [2.45, 2.75) is 46.1 Å². The van der Waals surface area contributed by atoms with Gasteiger partial charge in [-0.25, -0.2) is 4.39 Å². The molecule has 4 heteroatoms. The van der Waals surface area contributed by atoms with Gasteiger partial charge in [0.1, 0.15) is 11.6 Å². The zero-order valence-corrected chi connectivity index (χ0v) is 12.4. The van der Waals surface area contributed by atoms with Gasteiger partial charge in [-0.3, -0.25) is 0 Å². The molecule has 0 saturated heterocycles.